The number of benzene rings is 1. The predicted molar refractivity (Wildman–Crippen MR) is 146 cm³/mol. The highest BCUT2D eigenvalue weighted by atomic mass is 35.5. The number of halogens is 1. The summed E-state index contributed by atoms with van der Waals surface area (Å²) >= 11 is 7.68. The zero-order valence-corrected chi connectivity index (χ0v) is 22.7. The number of thiazole rings is 1. The molecule has 0 radical (unpaired) electrons. The maximum Gasteiger partial charge on any atom is 0.337 e. The molecule has 7 nitrogen and oxygen atoms in total. The predicted octanol–water partition coefficient (Wildman–Crippen LogP) is 6.74. The third kappa shape index (κ3) is 5.36. The number of aromatic nitrogens is 4. The first kappa shape index (κ1) is 26.0. The molecule has 188 valence electrons. The van der Waals surface area contributed by atoms with Crippen LogP contribution in [-0.2, 0) is 23.0 Å². The second kappa shape index (κ2) is 10.1. The van der Waals surface area contributed by atoms with E-state index >= 15 is 0 Å². The SMILES string of the molecule is C/C=C(Cl)\C=C/Cc1c([C@H](OC(C)(C)C)C(=O)O)c(C)cc2nc(-c3cc4cnn(C)c4cn3)sc12. The van der Waals surface area contributed by atoms with Crippen molar-refractivity contribution >= 4 is 50.0 Å². The lowest BCUT2D eigenvalue weighted by atomic mass is 9.93. The molecule has 0 amide bonds. The highest BCUT2D eigenvalue weighted by molar-refractivity contribution is 7.21. The minimum atomic E-state index is -1.12. The van der Waals surface area contributed by atoms with E-state index in [1.807, 2.05) is 66.0 Å². The molecule has 1 N–H and O–H groups in total. The molecule has 0 aliphatic rings. The number of carboxylic acid groups (broad SMARTS) is 1. The molecule has 0 saturated heterocycles. The number of carbonyl (C=O) groups is 1. The molecule has 9 heteroatoms. The van der Waals surface area contributed by atoms with Crippen LogP contribution in [0.5, 0.6) is 0 Å². The maximum atomic E-state index is 12.4. The van der Waals surface area contributed by atoms with Gasteiger partial charge in [0.05, 0.1) is 39.4 Å². The minimum Gasteiger partial charge on any atom is -0.479 e. The molecule has 1 atom stereocenters. The molecule has 0 aliphatic heterocycles. The second-order valence-electron chi connectivity index (χ2n) is 9.58. The summed E-state index contributed by atoms with van der Waals surface area (Å²) in [6.45, 7) is 9.33. The van der Waals surface area contributed by atoms with Gasteiger partial charge in [-0.3, -0.25) is 9.67 Å². The summed E-state index contributed by atoms with van der Waals surface area (Å²) in [4.78, 5) is 21.9. The first-order valence-corrected chi connectivity index (χ1v) is 12.8. The van der Waals surface area contributed by atoms with Gasteiger partial charge in [0, 0.05) is 17.5 Å². The third-order valence-electron chi connectivity index (χ3n) is 5.72. The molecule has 36 heavy (non-hydrogen) atoms. The molecular formula is C27H29ClN4O3S. The van der Waals surface area contributed by atoms with Crippen LogP contribution in [0.1, 0.15) is 50.5 Å². The fourth-order valence-electron chi connectivity index (χ4n) is 4.10. The van der Waals surface area contributed by atoms with E-state index in [9.17, 15) is 9.90 Å². The lowest BCUT2D eigenvalue weighted by molar-refractivity contribution is -0.160. The second-order valence-corrected chi connectivity index (χ2v) is 11.0. The van der Waals surface area contributed by atoms with Gasteiger partial charge in [0.1, 0.15) is 5.01 Å². The van der Waals surface area contributed by atoms with Crippen LogP contribution in [0.15, 0.2) is 47.8 Å². The summed E-state index contributed by atoms with van der Waals surface area (Å²) in [6.07, 6.45) is 8.52. The molecule has 1 aromatic carbocycles. The van der Waals surface area contributed by atoms with Gasteiger partial charge in [-0.25, -0.2) is 9.78 Å². The van der Waals surface area contributed by atoms with Crippen molar-refractivity contribution in [3.63, 3.8) is 0 Å². The van der Waals surface area contributed by atoms with Crippen molar-refractivity contribution in [2.75, 3.05) is 0 Å². The first-order valence-electron chi connectivity index (χ1n) is 11.6. The van der Waals surface area contributed by atoms with E-state index in [4.69, 9.17) is 21.3 Å². The minimum absolute atomic E-state index is 0.478. The van der Waals surface area contributed by atoms with Gasteiger partial charge in [0.25, 0.3) is 0 Å². The van der Waals surface area contributed by atoms with Crippen molar-refractivity contribution in [1.82, 2.24) is 19.7 Å². The standard InChI is InChI=1S/C27H29ClN4O3S/c1-7-17(28)9-8-10-18-22(23(26(33)34)35-27(3,4)5)15(2)11-19-24(18)36-25(31-19)20-12-16-13-30-32(6)21(16)14-29-20/h7-9,11-14,23H,10H2,1-6H3,(H,33,34)/b9-8-,17-7+/t23-/m0/s1. The van der Waals surface area contributed by atoms with E-state index < -0.39 is 17.7 Å². The smallest absolute Gasteiger partial charge is 0.337 e. The van der Waals surface area contributed by atoms with Crippen molar-refractivity contribution in [1.29, 1.82) is 0 Å². The number of pyridine rings is 1. The van der Waals surface area contributed by atoms with Crippen LogP contribution in [0, 0.1) is 6.92 Å². The number of rotatable bonds is 7. The number of ether oxygens (including phenoxy) is 1. The Kier molecular flexibility index (Phi) is 7.31. The summed E-state index contributed by atoms with van der Waals surface area (Å²) in [5.74, 6) is -1.03. The Morgan fingerprint density at radius 2 is 2.06 bits per heavy atom. The van der Waals surface area contributed by atoms with Gasteiger partial charge in [-0.15, -0.1) is 11.3 Å². The zero-order valence-electron chi connectivity index (χ0n) is 21.2. The molecule has 3 aromatic heterocycles. The van der Waals surface area contributed by atoms with Gasteiger partial charge in [-0.05, 0) is 75.9 Å². The van der Waals surface area contributed by atoms with Gasteiger partial charge in [0.15, 0.2) is 6.10 Å². The summed E-state index contributed by atoms with van der Waals surface area (Å²) in [7, 11) is 1.88. The molecule has 0 fully saturated rings. The number of aryl methyl sites for hydroxylation is 2. The Morgan fingerprint density at radius 1 is 1.31 bits per heavy atom. The van der Waals surface area contributed by atoms with Crippen LogP contribution in [0.4, 0.5) is 0 Å². The molecule has 3 heterocycles. The fourth-order valence-corrected chi connectivity index (χ4v) is 5.27. The Bertz CT molecular complexity index is 1510. The van der Waals surface area contributed by atoms with Gasteiger partial charge >= 0.3 is 5.97 Å². The van der Waals surface area contributed by atoms with Crippen LogP contribution in [0.2, 0.25) is 0 Å². The van der Waals surface area contributed by atoms with Crippen LogP contribution in [-0.4, -0.2) is 36.4 Å². The molecule has 0 bridgehead atoms. The number of carboxylic acids is 1. The molecular weight excluding hydrogens is 496 g/mol. The first-order chi connectivity index (χ1) is 17.0. The van der Waals surface area contributed by atoms with Crippen LogP contribution in [0.3, 0.4) is 0 Å². The molecule has 0 aliphatic carbocycles. The average molecular weight is 525 g/mol. The van der Waals surface area contributed by atoms with Gasteiger partial charge in [0.2, 0.25) is 0 Å². The number of hydrogen-bond donors (Lipinski definition) is 1. The van der Waals surface area contributed by atoms with E-state index in [1.54, 1.807) is 23.2 Å². The van der Waals surface area contributed by atoms with Crippen LogP contribution in [0.25, 0.3) is 31.8 Å². The zero-order chi connectivity index (χ0) is 26.2. The van der Waals surface area contributed by atoms with Crippen LogP contribution < -0.4 is 0 Å². The van der Waals surface area contributed by atoms with E-state index in [1.165, 1.54) is 11.3 Å². The highest BCUT2D eigenvalue weighted by Crippen LogP contribution is 2.39. The average Bonchev–Trinajstić information content (AvgIpc) is 3.40. The largest absolute Gasteiger partial charge is 0.479 e. The van der Waals surface area contributed by atoms with E-state index in [0.717, 1.165) is 42.9 Å². The van der Waals surface area contributed by atoms with Crippen molar-refractivity contribution in [3.05, 3.63) is 64.5 Å². The van der Waals surface area contributed by atoms with Gasteiger partial charge < -0.3 is 9.84 Å². The lowest BCUT2D eigenvalue weighted by Crippen LogP contribution is -2.28. The monoisotopic (exact) mass is 524 g/mol. The molecule has 4 rings (SSSR count). The number of nitrogens with zero attached hydrogens (tertiary/aromatic N) is 4. The third-order valence-corrected chi connectivity index (χ3v) is 7.21. The van der Waals surface area contributed by atoms with Crippen molar-refractivity contribution in [2.24, 2.45) is 7.05 Å². The summed E-state index contributed by atoms with van der Waals surface area (Å²) in [6, 6.07) is 3.91. The topological polar surface area (TPSA) is 90.1 Å². The molecule has 4 aromatic rings. The summed E-state index contributed by atoms with van der Waals surface area (Å²) in [5, 5.41) is 16.8. The number of fused-ring (bicyclic) bond motifs is 2. The van der Waals surface area contributed by atoms with Gasteiger partial charge in [-0.1, -0.05) is 23.8 Å². The number of hydrogen-bond acceptors (Lipinski definition) is 6. The normalized spacial score (nSPS) is 13.8. The van der Waals surface area contributed by atoms with E-state index in [-0.39, 0.29) is 0 Å². The Balaban J connectivity index is 1.91. The Labute approximate surface area is 219 Å². The van der Waals surface area contributed by atoms with Crippen molar-refractivity contribution in [3.8, 4) is 10.7 Å². The van der Waals surface area contributed by atoms with Gasteiger partial charge in [-0.2, -0.15) is 5.10 Å². The summed E-state index contributed by atoms with van der Waals surface area (Å²) < 4.78 is 8.73. The highest BCUT2D eigenvalue weighted by Gasteiger charge is 2.31. The van der Waals surface area contributed by atoms with E-state index in [0.29, 0.717) is 17.0 Å². The quantitative estimate of drug-likeness (QED) is 0.269. The van der Waals surface area contributed by atoms with Crippen LogP contribution >= 0.6 is 22.9 Å². The summed E-state index contributed by atoms with van der Waals surface area (Å²) in [5.41, 5.74) is 4.16. The fraction of sp³-hybridized carbons (Fsp3) is 0.333. The molecule has 0 saturated carbocycles. The van der Waals surface area contributed by atoms with E-state index in [2.05, 4.69) is 10.1 Å². The van der Waals surface area contributed by atoms with Crippen molar-refractivity contribution < 1.29 is 14.6 Å². The number of aliphatic carboxylic acids is 1. The molecule has 0 unspecified atom stereocenters. The Morgan fingerprint density at radius 3 is 2.72 bits per heavy atom. The van der Waals surface area contributed by atoms with Crippen molar-refractivity contribution in [2.45, 2.75) is 52.7 Å². The molecule has 0 spiro atoms. The maximum absolute atomic E-state index is 12.4. The number of allylic oxidation sites excluding steroid dienone is 4. The lowest BCUT2D eigenvalue weighted by Gasteiger charge is -2.27. The Hall–Kier alpha value is -3.07.